The molecule has 1 unspecified atom stereocenters. The molecule has 6 heteroatoms. The van der Waals surface area contributed by atoms with E-state index in [4.69, 9.17) is 23.2 Å². The van der Waals surface area contributed by atoms with Crippen LogP contribution in [0.5, 0.6) is 0 Å². The molecule has 0 aliphatic carbocycles. The van der Waals surface area contributed by atoms with Crippen molar-refractivity contribution >= 4 is 29.1 Å². The van der Waals surface area contributed by atoms with Gasteiger partial charge in [-0.2, -0.15) is 0 Å². The minimum absolute atomic E-state index is 0.0553. The highest BCUT2D eigenvalue weighted by molar-refractivity contribution is 6.30. The van der Waals surface area contributed by atoms with Crippen LogP contribution in [0.3, 0.4) is 0 Å². The molecule has 0 spiro atoms. The van der Waals surface area contributed by atoms with Gasteiger partial charge in [-0.1, -0.05) is 60.8 Å². The van der Waals surface area contributed by atoms with Crippen molar-refractivity contribution in [3.8, 4) is 0 Å². The highest BCUT2D eigenvalue weighted by Gasteiger charge is 2.52. The van der Waals surface area contributed by atoms with Crippen molar-refractivity contribution in [1.82, 2.24) is 5.32 Å². The number of carbonyl (C=O) groups excluding carboxylic acids is 1. The standard InChI is InChI=1S/C22H25Cl2NO3/c1-2-4-18(21(27)28)22(15-5-3-6-17(24)13-15)12-11-19(26)25-20(22)14-7-9-16(23)10-8-14/h3,5-10,13,18,20-21,27-28H,2,4,11-12H2,1H3,(H,25,26)/t18?,20-,22-/m0/s1. The molecule has 1 fully saturated rings. The Morgan fingerprint density at radius 3 is 2.46 bits per heavy atom. The van der Waals surface area contributed by atoms with E-state index in [2.05, 4.69) is 5.32 Å². The molecule has 3 atom stereocenters. The Kier molecular flexibility index (Phi) is 6.66. The SMILES string of the molecule is CCCC(C(O)O)[C@@]1(c2cccc(Cl)c2)CCC(=O)N[C@H]1c1ccc(Cl)cc1. The van der Waals surface area contributed by atoms with E-state index in [0.29, 0.717) is 29.3 Å². The first-order valence-electron chi connectivity index (χ1n) is 9.55. The van der Waals surface area contributed by atoms with Gasteiger partial charge in [0.15, 0.2) is 6.29 Å². The molecule has 1 saturated heterocycles. The number of rotatable bonds is 6. The smallest absolute Gasteiger partial charge is 0.220 e. The second-order valence-corrected chi connectivity index (χ2v) is 8.28. The van der Waals surface area contributed by atoms with Crippen molar-refractivity contribution in [3.05, 3.63) is 69.7 Å². The summed E-state index contributed by atoms with van der Waals surface area (Å²) in [6, 6.07) is 14.4. The lowest BCUT2D eigenvalue weighted by Gasteiger charge is -2.50. The van der Waals surface area contributed by atoms with Gasteiger partial charge in [-0.05, 0) is 48.2 Å². The summed E-state index contributed by atoms with van der Waals surface area (Å²) in [5.74, 6) is -0.530. The van der Waals surface area contributed by atoms with E-state index in [-0.39, 0.29) is 5.91 Å². The topological polar surface area (TPSA) is 69.6 Å². The van der Waals surface area contributed by atoms with Crippen LogP contribution in [-0.4, -0.2) is 22.4 Å². The third-order valence-corrected chi connectivity index (χ3v) is 6.26. The monoisotopic (exact) mass is 421 g/mol. The van der Waals surface area contributed by atoms with Crippen LogP contribution in [0.4, 0.5) is 0 Å². The van der Waals surface area contributed by atoms with Crippen LogP contribution in [-0.2, 0) is 10.2 Å². The van der Waals surface area contributed by atoms with Crippen LogP contribution in [0.15, 0.2) is 48.5 Å². The molecule has 4 nitrogen and oxygen atoms in total. The molecule has 0 saturated carbocycles. The third-order valence-electron chi connectivity index (χ3n) is 5.77. The lowest BCUT2D eigenvalue weighted by Crippen LogP contribution is -2.55. The number of aliphatic hydroxyl groups is 2. The summed E-state index contributed by atoms with van der Waals surface area (Å²) < 4.78 is 0. The number of benzene rings is 2. The quantitative estimate of drug-likeness (QED) is 0.596. The highest BCUT2D eigenvalue weighted by Crippen LogP contribution is 2.52. The van der Waals surface area contributed by atoms with E-state index in [1.54, 1.807) is 18.2 Å². The van der Waals surface area contributed by atoms with Gasteiger partial charge in [-0.25, -0.2) is 0 Å². The number of hydrogen-bond donors (Lipinski definition) is 3. The van der Waals surface area contributed by atoms with Crippen molar-refractivity contribution in [1.29, 1.82) is 0 Å². The molecule has 0 radical (unpaired) electrons. The number of amides is 1. The van der Waals surface area contributed by atoms with E-state index < -0.39 is 23.7 Å². The van der Waals surface area contributed by atoms with Gasteiger partial charge in [0.2, 0.25) is 5.91 Å². The van der Waals surface area contributed by atoms with Crippen molar-refractivity contribution in [2.75, 3.05) is 0 Å². The fourth-order valence-corrected chi connectivity index (χ4v) is 4.87. The first-order chi connectivity index (χ1) is 13.4. The molecule has 1 heterocycles. The summed E-state index contributed by atoms with van der Waals surface area (Å²) >= 11 is 12.4. The van der Waals surface area contributed by atoms with E-state index in [0.717, 1.165) is 17.5 Å². The van der Waals surface area contributed by atoms with Crippen LogP contribution in [0.25, 0.3) is 0 Å². The maximum atomic E-state index is 12.4. The zero-order valence-electron chi connectivity index (χ0n) is 15.7. The van der Waals surface area contributed by atoms with E-state index >= 15 is 0 Å². The minimum atomic E-state index is -1.52. The molecule has 3 N–H and O–H groups in total. The molecule has 150 valence electrons. The van der Waals surface area contributed by atoms with Crippen molar-refractivity contribution in [3.63, 3.8) is 0 Å². The Bertz CT molecular complexity index is 825. The van der Waals surface area contributed by atoms with Crippen LogP contribution in [0.1, 0.15) is 49.8 Å². The van der Waals surface area contributed by atoms with E-state index in [1.807, 2.05) is 37.3 Å². The minimum Gasteiger partial charge on any atom is -0.368 e. The second kappa shape index (κ2) is 8.83. The maximum absolute atomic E-state index is 12.4. The molecule has 3 rings (SSSR count). The molecular weight excluding hydrogens is 397 g/mol. The third kappa shape index (κ3) is 4.06. The molecular formula is C22H25Cl2NO3. The molecule has 2 aromatic rings. The first kappa shape index (κ1) is 21.1. The predicted molar refractivity (Wildman–Crippen MR) is 111 cm³/mol. The Hall–Kier alpha value is -1.59. The Balaban J connectivity index is 2.24. The summed E-state index contributed by atoms with van der Waals surface area (Å²) in [5, 5.41) is 25.0. The van der Waals surface area contributed by atoms with Gasteiger partial charge in [-0.3, -0.25) is 4.79 Å². The number of hydrogen-bond acceptors (Lipinski definition) is 3. The largest absolute Gasteiger partial charge is 0.368 e. The fourth-order valence-electron chi connectivity index (χ4n) is 4.55. The van der Waals surface area contributed by atoms with Gasteiger partial charge < -0.3 is 15.5 Å². The number of nitrogens with one attached hydrogen (secondary N) is 1. The zero-order valence-corrected chi connectivity index (χ0v) is 17.2. The average molecular weight is 422 g/mol. The van der Waals surface area contributed by atoms with E-state index in [1.165, 1.54) is 0 Å². The van der Waals surface area contributed by atoms with Gasteiger partial charge in [-0.15, -0.1) is 0 Å². The molecule has 1 aliphatic rings. The lowest BCUT2D eigenvalue weighted by molar-refractivity contribution is -0.137. The van der Waals surface area contributed by atoms with Gasteiger partial charge >= 0.3 is 0 Å². The molecule has 28 heavy (non-hydrogen) atoms. The number of aliphatic hydroxyl groups excluding tert-OH is 1. The predicted octanol–water partition coefficient (Wildman–Crippen LogP) is 4.61. The number of carbonyl (C=O) groups is 1. The number of piperidine rings is 1. The molecule has 1 aliphatic heterocycles. The fraction of sp³-hybridized carbons (Fsp3) is 0.409. The van der Waals surface area contributed by atoms with Crippen molar-refractivity contribution in [2.24, 2.45) is 5.92 Å². The summed E-state index contributed by atoms with van der Waals surface area (Å²) in [4.78, 5) is 12.4. The molecule has 0 aromatic heterocycles. The van der Waals surface area contributed by atoms with Crippen LogP contribution in [0, 0.1) is 5.92 Å². The first-order valence-corrected chi connectivity index (χ1v) is 10.3. The summed E-state index contributed by atoms with van der Waals surface area (Å²) in [5.41, 5.74) is 1.06. The van der Waals surface area contributed by atoms with Crippen molar-refractivity contribution in [2.45, 2.75) is 50.4 Å². The molecule has 1 amide bonds. The van der Waals surface area contributed by atoms with Gasteiger partial charge in [0.05, 0.1) is 6.04 Å². The van der Waals surface area contributed by atoms with Crippen LogP contribution < -0.4 is 5.32 Å². The van der Waals surface area contributed by atoms with Gasteiger partial charge in [0.1, 0.15) is 0 Å². The Morgan fingerprint density at radius 1 is 1.14 bits per heavy atom. The average Bonchev–Trinajstić information content (AvgIpc) is 2.67. The molecule has 0 bridgehead atoms. The zero-order chi connectivity index (χ0) is 20.3. The molecule has 2 aromatic carbocycles. The number of halogens is 2. The lowest BCUT2D eigenvalue weighted by atomic mass is 9.58. The second-order valence-electron chi connectivity index (χ2n) is 7.41. The summed E-state index contributed by atoms with van der Waals surface area (Å²) in [6.07, 6.45) is 0.664. The normalized spacial score (nSPS) is 23.5. The van der Waals surface area contributed by atoms with Gasteiger partial charge in [0, 0.05) is 27.8 Å². The Morgan fingerprint density at radius 2 is 1.86 bits per heavy atom. The van der Waals surface area contributed by atoms with Crippen molar-refractivity contribution < 1.29 is 15.0 Å². The summed E-state index contributed by atoms with van der Waals surface area (Å²) in [7, 11) is 0. The Labute approximate surface area is 175 Å². The van der Waals surface area contributed by atoms with Gasteiger partial charge in [0.25, 0.3) is 0 Å². The van der Waals surface area contributed by atoms with Crippen LogP contribution >= 0.6 is 23.2 Å². The summed E-state index contributed by atoms with van der Waals surface area (Å²) in [6.45, 7) is 2.01. The maximum Gasteiger partial charge on any atom is 0.220 e. The van der Waals surface area contributed by atoms with E-state index in [9.17, 15) is 15.0 Å². The van der Waals surface area contributed by atoms with Crippen LogP contribution in [0.2, 0.25) is 10.0 Å². The highest BCUT2D eigenvalue weighted by atomic mass is 35.5.